The van der Waals surface area contributed by atoms with E-state index in [0.717, 1.165) is 6.42 Å². The number of rotatable bonds is 7. The SMILES string of the molecule is NCCCC[C@H](NC(=O)CO)C(=O)O. The number of aliphatic carboxylic acids is 1. The van der Waals surface area contributed by atoms with Crippen LogP contribution >= 0.6 is 0 Å². The normalized spacial score (nSPS) is 12.1. The van der Waals surface area contributed by atoms with Gasteiger partial charge < -0.3 is 21.3 Å². The predicted molar refractivity (Wildman–Crippen MR) is 49.6 cm³/mol. The standard InChI is InChI=1S/C8H16N2O4/c9-4-2-1-3-6(8(13)14)10-7(12)5-11/h6,11H,1-5,9H2,(H,10,12)(H,13,14)/t6-/m0/s1. The molecule has 0 aromatic carbocycles. The molecule has 0 radical (unpaired) electrons. The number of unbranched alkanes of at least 4 members (excludes halogenated alkanes) is 1. The Kier molecular flexibility index (Phi) is 6.69. The van der Waals surface area contributed by atoms with E-state index in [-0.39, 0.29) is 0 Å². The highest BCUT2D eigenvalue weighted by Crippen LogP contribution is 2.00. The van der Waals surface area contributed by atoms with E-state index in [1.165, 1.54) is 0 Å². The average Bonchev–Trinajstić information content (AvgIpc) is 2.16. The van der Waals surface area contributed by atoms with Crippen molar-refractivity contribution in [3.05, 3.63) is 0 Å². The van der Waals surface area contributed by atoms with Gasteiger partial charge in [0.2, 0.25) is 5.91 Å². The lowest BCUT2D eigenvalue weighted by atomic mass is 10.1. The third-order valence-electron chi connectivity index (χ3n) is 1.72. The van der Waals surface area contributed by atoms with E-state index in [1.54, 1.807) is 0 Å². The molecule has 0 aliphatic rings. The fraction of sp³-hybridized carbons (Fsp3) is 0.750. The fourth-order valence-electron chi connectivity index (χ4n) is 0.990. The Labute approximate surface area is 82.1 Å². The Morgan fingerprint density at radius 3 is 2.43 bits per heavy atom. The Bertz CT molecular complexity index is 196. The second kappa shape index (κ2) is 7.28. The summed E-state index contributed by atoms with van der Waals surface area (Å²) in [5.41, 5.74) is 5.24. The lowest BCUT2D eigenvalue weighted by Gasteiger charge is -2.12. The number of aliphatic hydroxyl groups excluding tert-OH is 1. The molecule has 0 aromatic heterocycles. The summed E-state index contributed by atoms with van der Waals surface area (Å²) in [7, 11) is 0. The number of carbonyl (C=O) groups is 2. The van der Waals surface area contributed by atoms with Crippen molar-refractivity contribution in [1.29, 1.82) is 0 Å². The molecule has 82 valence electrons. The number of carbonyl (C=O) groups excluding carboxylic acids is 1. The molecule has 14 heavy (non-hydrogen) atoms. The highest BCUT2D eigenvalue weighted by atomic mass is 16.4. The molecule has 0 aliphatic carbocycles. The van der Waals surface area contributed by atoms with E-state index in [1.807, 2.05) is 0 Å². The Morgan fingerprint density at radius 2 is 2.00 bits per heavy atom. The molecule has 0 heterocycles. The Hall–Kier alpha value is -1.14. The van der Waals surface area contributed by atoms with Gasteiger partial charge in [-0.1, -0.05) is 0 Å². The first-order valence-electron chi connectivity index (χ1n) is 4.45. The Balaban J connectivity index is 3.90. The molecular weight excluding hydrogens is 188 g/mol. The van der Waals surface area contributed by atoms with Gasteiger partial charge in [-0.2, -0.15) is 0 Å². The quantitative estimate of drug-likeness (QED) is 0.384. The number of nitrogens with one attached hydrogen (secondary N) is 1. The van der Waals surface area contributed by atoms with Gasteiger partial charge in [0.15, 0.2) is 0 Å². The van der Waals surface area contributed by atoms with Crippen LogP contribution in [0.3, 0.4) is 0 Å². The number of nitrogens with two attached hydrogens (primary N) is 1. The topological polar surface area (TPSA) is 113 Å². The predicted octanol–water partition coefficient (Wildman–Crippen LogP) is -1.32. The van der Waals surface area contributed by atoms with Crippen LogP contribution in [0.1, 0.15) is 19.3 Å². The molecule has 0 spiro atoms. The van der Waals surface area contributed by atoms with E-state index < -0.39 is 24.5 Å². The van der Waals surface area contributed by atoms with E-state index in [2.05, 4.69) is 5.32 Å². The molecule has 5 N–H and O–H groups in total. The molecule has 0 saturated heterocycles. The number of aliphatic hydroxyl groups is 1. The molecule has 0 aromatic rings. The third kappa shape index (κ3) is 5.50. The third-order valence-corrected chi connectivity index (χ3v) is 1.72. The van der Waals surface area contributed by atoms with Crippen molar-refractivity contribution in [2.75, 3.05) is 13.2 Å². The molecule has 0 saturated carbocycles. The summed E-state index contributed by atoms with van der Waals surface area (Å²) >= 11 is 0. The monoisotopic (exact) mass is 204 g/mol. The second-order valence-electron chi connectivity index (χ2n) is 2.90. The Morgan fingerprint density at radius 1 is 1.36 bits per heavy atom. The van der Waals surface area contributed by atoms with Gasteiger partial charge in [-0.3, -0.25) is 4.79 Å². The van der Waals surface area contributed by atoms with Crippen molar-refractivity contribution >= 4 is 11.9 Å². The van der Waals surface area contributed by atoms with Crippen LogP contribution in [0.2, 0.25) is 0 Å². The number of carboxylic acid groups (broad SMARTS) is 1. The maximum absolute atomic E-state index is 10.7. The van der Waals surface area contributed by atoms with Gasteiger partial charge in [0.1, 0.15) is 12.6 Å². The first-order chi connectivity index (χ1) is 6.61. The smallest absolute Gasteiger partial charge is 0.326 e. The minimum Gasteiger partial charge on any atom is -0.480 e. The second-order valence-corrected chi connectivity index (χ2v) is 2.90. The van der Waals surface area contributed by atoms with Gasteiger partial charge in [0, 0.05) is 0 Å². The molecule has 1 atom stereocenters. The lowest BCUT2D eigenvalue weighted by Crippen LogP contribution is -2.42. The first kappa shape index (κ1) is 12.9. The summed E-state index contributed by atoms with van der Waals surface area (Å²) in [5, 5.41) is 19.3. The van der Waals surface area contributed by atoms with Crippen LogP contribution < -0.4 is 11.1 Å². The first-order valence-corrected chi connectivity index (χ1v) is 4.45. The van der Waals surface area contributed by atoms with Gasteiger partial charge in [-0.15, -0.1) is 0 Å². The van der Waals surface area contributed by atoms with Crippen LogP contribution in [0.5, 0.6) is 0 Å². The van der Waals surface area contributed by atoms with Crippen molar-refractivity contribution < 1.29 is 19.8 Å². The summed E-state index contributed by atoms with van der Waals surface area (Å²) in [6.45, 7) is -0.193. The maximum Gasteiger partial charge on any atom is 0.326 e. The number of hydrogen-bond acceptors (Lipinski definition) is 4. The zero-order valence-electron chi connectivity index (χ0n) is 7.90. The summed E-state index contributed by atoms with van der Waals surface area (Å²) < 4.78 is 0. The van der Waals surface area contributed by atoms with Crippen LogP contribution in [0.25, 0.3) is 0 Å². The van der Waals surface area contributed by atoms with E-state index in [0.29, 0.717) is 19.4 Å². The zero-order chi connectivity index (χ0) is 11.0. The largest absolute Gasteiger partial charge is 0.480 e. The number of amides is 1. The summed E-state index contributed by atoms with van der Waals surface area (Å²) in [5.74, 6) is -1.77. The average molecular weight is 204 g/mol. The molecule has 6 nitrogen and oxygen atoms in total. The van der Waals surface area contributed by atoms with Crippen molar-refractivity contribution in [2.45, 2.75) is 25.3 Å². The van der Waals surface area contributed by atoms with E-state index in [9.17, 15) is 9.59 Å². The van der Waals surface area contributed by atoms with E-state index in [4.69, 9.17) is 15.9 Å². The fourth-order valence-corrected chi connectivity index (χ4v) is 0.990. The van der Waals surface area contributed by atoms with Crippen LogP contribution in [-0.4, -0.2) is 41.3 Å². The van der Waals surface area contributed by atoms with Crippen LogP contribution in [0.15, 0.2) is 0 Å². The summed E-state index contributed by atoms with van der Waals surface area (Å²) in [6, 6.07) is -0.929. The highest BCUT2D eigenvalue weighted by molar-refractivity contribution is 5.83. The van der Waals surface area contributed by atoms with Crippen molar-refractivity contribution in [3.8, 4) is 0 Å². The minimum atomic E-state index is -1.09. The highest BCUT2D eigenvalue weighted by Gasteiger charge is 2.18. The molecule has 0 unspecified atom stereocenters. The number of carboxylic acids is 1. The van der Waals surface area contributed by atoms with Crippen molar-refractivity contribution in [3.63, 3.8) is 0 Å². The number of hydrogen-bond donors (Lipinski definition) is 4. The van der Waals surface area contributed by atoms with Gasteiger partial charge in [0.05, 0.1) is 0 Å². The van der Waals surface area contributed by atoms with Gasteiger partial charge >= 0.3 is 5.97 Å². The van der Waals surface area contributed by atoms with Crippen LogP contribution in [-0.2, 0) is 9.59 Å². The molecule has 6 heteroatoms. The maximum atomic E-state index is 10.7. The molecule has 0 bridgehead atoms. The molecular formula is C8H16N2O4. The summed E-state index contributed by atoms with van der Waals surface area (Å²) in [4.78, 5) is 21.3. The molecule has 0 fully saturated rings. The molecule has 0 aliphatic heterocycles. The van der Waals surface area contributed by atoms with Crippen molar-refractivity contribution in [1.82, 2.24) is 5.32 Å². The lowest BCUT2D eigenvalue weighted by molar-refractivity contribution is -0.142. The van der Waals surface area contributed by atoms with E-state index >= 15 is 0 Å². The molecule has 0 rings (SSSR count). The molecule has 1 amide bonds. The van der Waals surface area contributed by atoms with Gasteiger partial charge in [0.25, 0.3) is 0 Å². The van der Waals surface area contributed by atoms with Crippen molar-refractivity contribution in [2.24, 2.45) is 5.73 Å². The minimum absolute atomic E-state index is 0.332. The summed E-state index contributed by atoms with van der Waals surface area (Å²) in [6.07, 6.45) is 1.69. The van der Waals surface area contributed by atoms with Gasteiger partial charge in [-0.25, -0.2) is 4.79 Å². The van der Waals surface area contributed by atoms with Crippen LogP contribution in [0.4, 0.5) is 0 Å². The zero-order valence-corrected chi connectivity index (χ0v) is 7.90. The van der Waals surface area contributed by atoms with Crippen LogP contribution in [0, 0.1) is 0 Å². The van der Waals surface area contributed by atoms with Gasteiger partial charge in [-0.05, 0) is 25.8 Å².